The van der Waals surface area contributed by atoms with E-state index in [4.69, 9.17) is 0 Å². The Morgan fingerprint density at radius 2 is 2.11 bits per heavy atom. The van der Waals surface area contributed by atoms with Crippen LogP contribution < -0.4 is 0 Å². The molecule has 1 N–H and O–H groups in total. The van der Waals surface area contributed by atoms with Crippen LogP contribution in [0.25, 0.3) is 10.9 Å². The summed E-state index contributed by atoms with van der Waals surface area (Å²) in [5.41, 5.74) is 3.64. The number of nitrogens with one attached hydrogen (secondary N) is 1. The molecule has 2 aliphatic rings. The SMILES string of the molecule is Cc1cnc(C2CC2)n1CC1CCN(C(=O)CCc2c[nH]c3ccccc23)C1. The van der Waals surface area contributed by atoms with E-state index >= 15 is 0 Å². The maximum absolute atomic E-state index is 12.8. The van der Waals surface area contributed by atoms with Crippen molar-refractivity contribution < 1.29 is 4.79 Å². The van der Waals surface area contributed by atoms with Gasteiger partial charge in [0.05, 0.1) is 0 Å². The lowest BCUT2D eigenvalue weighted by atomic mass is 10.1. The third kappa shape index (κ3) is 3.34. The summed E-state index contributed by atoms with van der Waals surface area (Å²) in [6.45, 7) is 4.93. The first kappa shape index (κ1) is 17.5. The van der Waals surface area contributed by atoms with Gasteiger partial charge in [-0.3, -0.25) is 4.79 Å². The molecule has 5 heteroatoms. The van der Waals surface area contributed by atoms with Crippen molar-refractivity contribution >= 4 is 16.8 Å². The van der Waals surface area contributed by atoms with Crippen LogP contribution in [-0.4, -0.2) is 38.4 Å². The van der Waals surface area contributed by atoms with Gasteiger partial charge in [0.15, 0.2) is 0 Å². The summed E-state index contributed by atoms with van der Waals surface area (Å²) in [5, 5.41) is 1.23. The van der Waals surface area contributed by atoms with Gasteiger partial charge < -0.3 is 14.5 Å². The smallest absolute Gasteiger partial charge is 0.222 e. The number of carbonyl (C=O) groups excluding carboxylic acids is 1. The van der Waals surface area contributed by atoms with E-state index in [0.29, 0.717) is 18.3 Å². The first-order chi connectivity index (χ1) is 13.7. The van der Waals surface area contributed by atoms with Crippen molar-refractivity contribution in [3.63, 3.8) is 0 Å². The van der Waals surface area contributed by atoms with E-state index in [1.807, 2.05) is 18.5 Å². The molecule has 146 valence electrons. The van der Waals surface area contributed by atoms with Gasteiger partial charge in [0.2, 0.25) is 5.91 Å². The summed E-state index contributed by atoms with van der Waals surface area (Å²) in [6, 6.07) is 8.30. The zero-order valence-electron chi connectivity index (χ0n) is 16.5. The number of para-hydroxylation sites is 1. The summed E-state index contributed by atoms with van der Waals surface area (Å²) in [6.07, 6.45) is 9.10. The highest BCUT2D eigenvalue weighted by atomic mass is 16.2. The van der Waals surface area contributed by atoms with Crippen molar-refractivity contribution in [3.05, 3.63) is 53.7 Å². The Morgan fingerprint density at radius 1 is 1.25 bits per heavy atom. The molecule has 2 aromatic heterocycles. The van der Waals surface area contributed by atoms with Crippen molar-refractivity contribution in [2.75, 3.05) is 13.1 Å². The zero-order chi connectivity index (χ0) is 19.1. The highest BCUT2D eigenvalue weighted by molar-refractivity contribution is 5.84. The van der Waals surface area contributed by atoms with Crippen LogP contribution in [0, 0.1) is 12.8 Å². The Morgan fingerprint density at radius 3 is 2.96 bits per heavy atom. The fraction of sp³-hybridized carbons (Fsp3) is 0.478. The maximum atomic E-state index is 12.8. The Balaban J connectivity index is 1.18. The van der Waals surface area contributed by atoms with Crippen LogP contribution in [0.1, 0.15) is 48.7 Å². The number of fused-ring (bicyclic) bond motifs is 1. The normalized spacial score (nSPS) is 19.6. The number of benzene rings is 1. The predicted molar refractivity (Wildman–Crippen MR) is 110 cm³/mol. The fourth-order valence-corrected chi connectivity index (χ4v) is 4.59. The molecule has 2 fully saturated rings. The van der Waals surface area contributed by atoms with Crippen LogP contribution >= 0.6 is 0 Å². The van der Waals surface area contributed by atoms with E-state index in [1.165, 1.54) is 35.3 Å². The minimum Gasteiger partial charge on any atom is -0.361 e. The minimum atomic E-state index is 0.289. The number of hydrogen-bond donors (Lipinski definition) is 1. The lowest BCUT2D eigenvalue weighted by molar-refractivity contribution is -0.130. The highest BCUT2D eigenvalue weighted by Gasteiger charge is 2.31. The Hall–Kier alpha value is -2.56. The molecule has 1 aromatic carbocycles. The van der Waals surface area contributed by atoms with Crippen molar-refractivity contribution in [1.82, 2.24) is 19.4 Å². The first-order valence-corrected chi connectivity index (χ1v) is 10.5. The number of likely N-dealkylation sites (tertiary alicyclic amines) is 1. The number of H-pyrrole nitrogens is 1. The van der Waals surface area contributed by atoms with E-state index in [-0.39, 0.29) is 5.91 Å². The summed E-state index contributed by atoms with van der Waals surface area (Å²) in [5.74, 6) is 2.77. The van der Waals surface area contributed by atoms with Crippen LogP contribution in [0.5, 0.6) is 0 Å². The Kier molecular flexibility index (Phi) is 4.46. The number of aromatic amines is 1. The second-order valence-corrected chi connectivity index (χ2v) is 8.50. The molecule has 0 spiro atoms. The molecule has 28 heavy (non-hydrogen) atoms. The van der Waals surface area contributed by atoms with Gasteiger partial charge in [-0.1, -0.05) is 18.2 Å². The van der Waals surface area contributed by atoms with Crippen LogP contribution in [0.15, 0.2) is 36.7 Å². The lowest BCUT2D eigenvalue weighted by Gasteiger charge is -2.18. The first-order valence-electron chi connectivity index (χ1n) is 10.5. The fourth-order valence-electron chi connectivity index (χ4n) is 4.59. The van der Waals surface area contributed by atoms with E-state index in [0.717, 1.165) is 38.0 Å². The average molecular weight is 377 g/mol. The quantitative estimate of drug-likeness (QED) is 0.706. The summed E-state index contributed by atoms with van der Waals surface area (Å²) >= 11 is 0. The third-order valence-electron chi connectivity index (χ3n) is 6.39. The second kappa shape index (κ2) is 7.12. The second-order valence-electron chi connectivity index (χ2n) is 8.50. The predicted octanol–water partition coefficient (Wildman–Crippen LogP) is 4.03. The summed E-state index contributed by atoms with van der Waals surface area (Å²) in [4.78, 5) is 22.8. The number of nitrogens with zero attached hydrogens (tertiary/aromatic N) is 3. The average Bonchev–Trinajstić information content (AvgIpc) is 3.13. The number of carbonyl (C=O) groups is 1. The molecule has 0 bridgehead atoms. The highest BCUT2D eigenvalue weighted by Crippen LogP contribution is 2.40. The van der Waals surface area contributed by atoms with E-state index < -0.39 is 0 Å². The standard InChI is InChI=1S/C23H28N4O/c1-16-12-25-23(18-6-7-18)27(16)15-17-10-11-26(14-17)22(28)9-8-19-13-24-21-5-3-2-4-20(19)21/h2-5,12-13,17-18,24H,6-11,14-15H2,1H3. The van der Waals surface area contributed by atoms with Gasteiger partial charge in [0.25, 0.3) is 0 Å². The van der Waals surface area contributed by atoms with Gasteiger partial charge in [0.1, 0.15) is 5.82 Å². The summed E-state index contributed by atoms with van der Waals surface area (Å²) < 4.78 is 2.41. The molecule has 1 unspecified atom stereocenters. The number of amides is 1. The topological polar surface area (TPSA) is 53.9 Å². The zero-order valence-corrected chi connectivity index (χ0v) is 16.5. The Labute approximate surface area is 165 Å². The molecular formula is C23H28N4O. The molecule has 1 saturated heterocycles. The molecule has 5 rings (SSSR count). The van der Waals surface area contributed by atoms with Gasteiger partial charge in [-0.05, 0) is 50.2 Å². The molecule has 0 radical (unpaired) electrons. The Bertz CT molecular complexity index is 997. The van der Waals surface area contributed by atoms with Gasteiger partial charge in [-0.25, -0.2) is 4.98 Å². The lowest BCUT2D eigenvalue weighted by Crippen LogP contribution is -2.29. The van der Waals surface area contributed by atoms with Crippen molar-refractivity contribution in [3.8, 4) is 0 Å². The van der Waals surface area contributed by atoms with E-state index in [1.54, 1.807) is 0 Å². The molecule has 1 saturated carbocycles. The van der Waals surface area contributed by atoms with Crippen LogP contribution in [0.2, 0.25) is 0 Å². The third-order valence-corrected chi connectivity index (χ3v) is 6.39. The van der Waals surface area contributed by atoms with Crippen LogP contribution in [0.4, 0.5) is 0 Å². The molecule has 1 amide bonds. The number of aryl methyl sites for hydroxylation is 2. The van der Waals surface area contributed by atoms with Gasteiger partial charge in [0, 0.05) is 61.0 Å². The van der Waals surface area contributed by atoms with Crippen LogP contribution in [-0.2, 0) is 17.8 Å². The summed E-state index contributed by atoms with van der Waals surface area (Å²) in [7, 11) is 0. The number of aromatic nitrogens is 3. The van der Waals surface area contributed by atoms with Crippen molar-refractivity contribution in [2.24, 2.45) is 5.92 Å². The molecule has 3 heterocycles. The van der Waals surface area contributed by atoms with Crippen molar-refractivity contribution in [1.29, 1.82) is 0 Å². The molecule has 1 atom stereocenters. The monoisotopic (exact) mass is 376 g/mol. The van der Waals surface area contributed by atoms with Gasteiger partial charge in [-0.15, -0.1) is 0 Å². The number of hydrogen-bond acceptors (Lipinski definition) is 2. The number of imidazole rings is 1. The molecule has 5 nitrogen and oxygen atoms in total. The van der Waals surface area contributed by atoms with Crippen molar-refractivity contribution in [2.45, 2.75) is 51.5 Å². The van der Waals surface area contributed by atoms with E-state index in [9.17, 15) is 4.79 Å². The van der Waals surface area contributed by atoms with Gasteiger partial charge in [-0.2, -0.15) is 0 Å². The van der Waals surface area contributed by atoms with Gasteiger partial charge >= 0.3 is 0 Å². The molecule has 1 aliphatic carbocycles. The molecule has 3 aromatic rings. The molecular weight excluding hydrogens is 348 g/mol. The maximum Gasteiger partial charge on any atom is 0.222 e. The minimum absolute atomic E-state index is 0.289. The number of rotatable bonds is 6. The van der Waals surface area contributed by atoms with Crippen LogP contribution in [0.3, 0.4) is 0 Å². The van der Waals surface area contributed by atoms with E-state index in [2.05, 4.69) is 44.6 Å². The largest absolute Gasteiger partial charge is 0.361 e. The molecule has 1 aliphatic heterocycles.